The highest BCUT2D eigenvalue weighted by Gasteiger charge is 2.20. The number of hydrogen-bond acceptors (Lipinski definition) is 7. The van der Waals surface area contributed by atoms with Crippen molar-refractivity contribution >= 4 is 28.4 Å². The highest BCUT2D eigenvalue weighted by Crippen LogP contribution is 2.31. The molecule has 1 atom stereocenters. The molecule has 0 saturated carbocycles. The van der Waals surface area contributed by atoms with E-state index in [9.17, 15) is 4.39 Å². The predicted octanol–water partition coefficient (Wildman–Crippen LogP) is 3.30. The van der Waals surface area contributed by atoms with Crippen molar-refractivity contribution in [3.63, 3.8) is 0 Å². The van der Waals surface area contributed by atoms with E-state index < -0.39 is 0 Å². The van der Waals surface area contributed by atoms with E-state index in [1.165, 1.54) is 6.07 Å². The summed E-state index contributed by atoms with van der Waals surface area (Å²) in [6.07, 6.45) is 3.87. The third kappa shape index (κ3) is 3.46. The van der Waals surface area contributed by atoms with Crippen LogP contribution in [0.2, 0.25) is 0 Å². The number of aliphatic imine (C=N–C) groups is 1. The Bertz CT molecular complexity index is 1020. The van der Waals surface area contributed by atoms with Gasteiger partial charge in [-0.2, -0.15) is 0 Å². The number of fused-ring (bicyclic) bond motifs is 1. The molecule has 4 rings (SSSR count). The van der Waals surface area contributed by atoms with E-state index in [0.29, 0.717) is 41.4 Å². The summed E-state index contributed by atoms with van der Waals surface area (Å²) in [5.41, 5.74) is 7.46. The van der Waals surface area contributed by atoms with Crippen LogP contribution in [0.25, 0.3) is 10.9 Å². The molecule has 0 amide bonds. The molecule has 1 aliphatic rings. The zero-order valence-corrected chi connectivity index (χ0v) is 14.6. The van der Waals surface area contributed by atoms with Gasteiger partial charge in [0.2, 0.25) is 0 Å². The first-order chi connectivity index (χ1) is 13.1. The largest absolute Gasteiger partial charge is 0.495 e. The number of nitrogens with zero attached hydrogens (tertiary/aromatic N) is 3. The minimum Gasteiger partial charge on any atom is -0.495 e. The summed E-state index contributed by atoms with van der Waals surface area (Å²) in [6, 6.07) is 8.21. The summed E-state index contributed by atoms with van der Waals surface area (Å²) in [7, 11) is 1.59. The van der Waals surface area contributed by atoms with Crippen molar-refractivity contribution in [1.29, 1.82) is 0 Å². The molecule has 0 fully saturated rings. The van der Waals surface area contributed by atoms with Crippen molar-refractivity contribution in [3.8, 4) is 5.75 Å². The molecule has 0 radical (unpaired) electrons. The molecule has 1 aliphatic heterocycles. The van der Waals surface area contributed by atoms with Crippen molar-refractivity contribution in [2.24, 2.45) is 10.7 Å². The zero-order chi connectivity index (χ0) is 18.8. The quantitative estimate of drug-likeness (QED) is 0.735. The topological polar surface area (TPSA) is 94.6 Å². The molecule has 0 bridgehead atoms. The highest BCUT2D eigenvalue weighted by atomic mass is 19.1. The van der Waals surface area contributed by atoms with Gasteiger partial charge in [-0.25, -0.2) is 19.4 Å². The first kappa shape index (κ1) is 17.0. The average molecular weight is 367 g/mol. The molecule has 3 aromatic rings. The molecule has 0 saturated heterocycles. The number of methoxy groups -OCH3 is 1. The maximum atomic E-state index is 14.3. The van der Waals surface area contributed by atoms with Gasteiger partial charge in [0.05, 0.1) is 26.0 Å². The molecule has 138 valence electrons. The number of aromatic nitrogens is 2. The SMILES string of the molecule is COc1cnc2c(Nc3ccc(F)c(C4CCOC(N)=N4)c3)nccc2c1. The number of ether oxygens (including phenoxy) is 2. The third-order valence-electron chi connectivity index (χ3n) is 4.35. The fourth-order valence-corrected chi connectivity index (χ4v) is 3.01. The summed E-state index contributed by atoms with van der Waals surface area (Å²) >= 11 is 0. The molecule has 3 N–H and O–H groups in total. The van der Waals surface area contributed by atoms with Crippen molar-refractivity contribution in [2.75, 3.05) is 19.0 Å². The Morgan fingerprint density at radius 2 is 2.15 bits per heavy atom. The highest BCUT2D eigenvalue weighted by molar-refractivity contribution is 5.90. The van der Waals surface area contributed by atoms with E-state index in [-0.39, 0.29) is 17.9 Å². The monoisotopic (exact) mass is 367 g/mol. The number of halogens is 1. The smallest absolute Gasteiger partial charge is 0.282 e. The number of hydrogen-bond donors (Lipinski definition) is 2. The second-order valence-corrected chi connectivity index (χ2v) is 6.09. The van der Waals surface area contributed by atoms with E-state index in [4.69, 9.17) is 15.2 Å². The van der Waals surface area contributed by atoms with Gasteiger partial charge in [-0.05, 0) is 30.3 Å². The molecule has 0 aliphatic carbocycles. The molecular weight excluding hydrogens is 349 g/mol. The lowest BCUT2D eigenvalue weighted by atomic mass is 10.0. The van der Waals surface area contributed by atoms with Crippen molar-refractivity contribution in [3.05, 3.63) is 54.1 Å². The van der Waals surface area contributed by atoms with Gasteiger partial charge in [0.15, 0.2) is 5.82 Å². The van der Waals surface area contributed by atoms with Gasteiger partial charge >= 0.3 is 0 Å². The Kier molecular flexibility index (Phi) is 4.45. The Labute approximate surface area is 155 Å². The van der Waals surface area contributed by atoms with E-state index in [1.807, 2.05) is 12.1 Å². The predicted molar refractivity (Wildman–Crippen MR) is 101 cm³/mol. The maximum absolute atomic E-state index is 14.3. The molecule has 0 spiro atoms. The molecule has 1 unspecified atom stereocenters. The third-order valence-corrected chi connectivity index (χ3v) is 4.35. The van der Waals surface area contributed by atoms with E-state index in [0.717, 1.165) is 5.39 Å². The zero-order valence-electron chi connectivity index (χ0n) is 14.6. The van der Waals surface area contributed by atoms with Crippen LogP contribution in [0.5, 0.6) is 5.75 Å². The molecular formula is C19H18FN5O2. The summed E-state index contributed by atoms with van der Waals surface area (Å²) < 4.78 is 24.7. The first-order valence-electron chi connectivity index (χ1n) is 8.45. The maximum Gasteiger partial charge on any atom is 0.282 e. The van der Waals surface area contributed by atoms with Crippen LogP contribution < -0.4 is 15.8 Å². The van der Waals surface area contributed by atoms with Crippen LogP contribution in [0.1, 0.15) is 18.0 Å². The van der Waals surface area contributed by atoms with Crippen LogP contribution in [0.4, 0.5) is 15.9 Å². The van der Waals surface area contributed by atoms with Crippen LogP contribution in [-0.2, 0) is 4.74 Å². The molecule has 7 nitrogen and oxygen atoms in total. The van der Waals surface area contributed by atoms with Crippen LogP contribution in [0.15, 0.2) is 47.7 Å². The van der Waals surface area contributed by atoms with Crippen molar-refractivity contribution in [2.45, 2.75) is 12.5 Å². The average Bonchev–Trinajstić information content (AvgIpc) is 2.69. The minimum atomic E-state index is -0.372. The van der Waals surface area contributed by atoms with Crippen LogP contribution in [-0.4, -0.2) is 29.7 Å². The Balaban J connectivity index is 1.68. The first-order valence-corrected chi connectivity index (χ1v) is 8.45. The summed E-state index contributed by atoms with van der Waals surface area (Å²) in [4.78, 5) is 13.0. The molecule has 8 heteroatoms. The minimum absolute atomic E-state index is 0.0814. The summed E-state index contributed by atoms with van der Waals surface area (Å²) in [6.45, 7) is 0.410. The number of benzene rings is 1. The van der Waals surface area contributed by atoms with E-state index >= 15 is 0 Å². The second-order valence-electron chi connectivity index (χ2n) is 6.09. The lowest BCUT2D eigenvalue weighted by Crippen LogP contribution is -2.24. The Morgan fingerprint density at radius 1 is 1.26 bits per heavy atom. The van der Waals surface area contributed by atoms with Gasteiger partial charge in [0, 0.05) is 29.3 Å². The fraction of sp³-hybridized carbons (Fsp3) is 0.211. The number of nitrogens with one attached hydrogen (secondary N) is 1. The van der Waals surface area contributed by atoms with Gasteiger partial charge in [-0.15, -0.1) is 0 Å². The fourth-order valence-electron chi connectivity index (χ4n) is 3.01. The second kappa shape index (κ2) is 7.06. The number of rotatable bonds is 4. The van der Waals surface area contributed by atoms with Gasteiger partial charge < -0.3 is 20.5 Å². The molecule has 1 aromatic carbocycles. The van der Waals surface area contributed by atoms with Gasteiger partial charge in [-0.3, -0.25) is 0 Å². The van der Waals surface area contributed by atoms with Crippen LogP contribution in [0, 0.1) is 5.82 Å². The number of nitrogens with two attached hydrogens (primary N) is 1. The lowest BCUT2D eigenvalue weighted by Gasteiger charge is -2.20. The standard InChI is InChI=1S/C19H18FN5O2/c1-26-13-8-11-4-6-22-18(17(11)23-10-13)24-12-2-3-15(20)14(9-12)16-5-7-27-19(21)25-16/h2-4,6,8-10,16H,5,7H2,1H3,(H2,21,25)(H,22,24). The van der Waals surface area contributed by atoms with Crippen LogP contribution >= 0.6 is 0 Å². The van der Waals surface area contributed by atoms with Gasteiger partial charge in [0.25, 0.3) is 6.02 Å². The van der Waals surface area contributed by atoms with E-state index in [2.05, 4.69) is 20.3 Å². The normalized spacial score (nSPS) is 16.5. The number of pyridine rings is 2. The van der Waals surface area contributed by atoms with Crippen molar-refractivity contribution < 1.29 is 13.9 Å². The van der Waals surface area contributed by atoms with Gasteiger partial charge in [0.1, 0.15) is 17.1 Å². The van der Waals surface area contributed by atoms with Crippen LogP contribution in [0.3, 0.4) is 0 Å². The lowest BCUT2D eigenvalue weighted by molar-refractivity contribution is 0.255. The summed E-state index contributed by atoms with van der Waals surface area (Å²) in [5.74, 6) is 0.902. The number of anilines is 2. The Morgan fingerprint density at radius 3 is 2.96 bits per heavy atom. The van der Waals surface area contributed by atoms with E-state index in [1.54, 1.807) is 31.6 Å². The van der Waals surface area contributed by atoms with Gasteiger partial charge in [-0.1, -0.05) is 0 Å². The molecule has 3 heterocycles. The summed E-state index contributed by atoms with van der Waals surface area (Å²) in [5, 5.41) is 4.10. The molecule has 2 aromatic heterocycles. The number of amidine groups is 1. The Hall–Kier alpha value is -3.42. The van der Waals surface area contributed by atoms with Crippen molar-refractivity contribution in [1.82, 2.24) is 9.97 Å². The molecule has 27 heavy (non-hydrogen) atoms.